The van der Waals surface area contributed by atoms with E-state index in [1.165, 1.54) is 11.3 Å². The monoisotopic (exact) mass is 377 g/mol. The summed E-state index contributed by atoms with van der Waals surface area (Å²) in [5.41, 5.74) is 0.493. The molecule has 1 aliphatic carbocycles. The number of carbonyl (C=O) groups excluding carboxylic acids is 1. The maximum absolute atomic E-state index is 12.2. The van der Waals surface area contributed by atoms with Gasteiger partial charge in [0.05, 0.1) is 11.3 Å². The summed E-state index contributed by atoms with van der Waals surface area (Å²) in [5.74, 6) is 0.249. The quantitative estimate of drug-likeness (QED) is 0.697. The molecule has 1 unspecified atom stereocenters. The van der Waals surface area contributed by atoms with Gasteiger partial charge in [-0.2, -0.15) is 0 Å². The molecule has 26 heavy (non-hydrogen) atoms. The third-order valence-corrected chi connectivity index (χ3v) is 5.11. The second kappa shape index (κ2) is 7.86. The van der Waals surface area contributed by atoms with Crippen LogP contribution in [0.25, 0.3) is 0 Å². The normalized spacial score (nSPS) is 20.3. The zero-order valence-electron chi connectivity index (χ0n) is 14.9. The van der Waals surface area contributed by atoms with Crippen molar-refractivity contribution in [2.45, 2.75) is 38.1 Å². The molecule has 0 saturated heterocycles. The van der Waals surface area contributed by atoms with Crippen molar-refractivity contribution in [3.8, 4) is 5.75 Å². The largest absolute Gasteiger partial charge is 0.505 e. The highest BCUT2D eigenvalue weighted by Crippen LogP contribution is 2.29. The number of rotatable bonds is 3. The number of phenols is 1. The molecule has 1 atom stereocenters. The smallest absolute Gasteiger partial charge is 0.269 e. The molecule has 1 aromatic carbocycles. The van der Waals surface area contributed by atoms with Crippen molar-refractivity contribution in [3.05, 3.63) is 23.8 Å². The van der Waals surface area contributed by atoms with Crippen LogP contribution in [0.15, 0.2) is 27.0 Å². The average molecular weight is 377 g/mol. The highest BCUT2D eigenvalue weighted by Gasteiger charge is 2.25. The van der Waals surface area contributed by atoms with Gasteiger partial charge in [-0.05, 0) is 25.0 Å². The molecule has 0 radical (unpaired) electrons. The van der Waals surface area contributed by atoms with E-state index in [0.29, 0.717) is 17.4 Å². The highest BCUT2D eigenvalue weighted by atomic mass is 32.2. The minimum Gasteiger partial charge on any atom is -0.505 e. The molecule has 9 heteroatoms. The fourth-order valence-electron chi connectivity index (χ4n) is 3.07. The first-order chi connectivity index (χ1) is 12.5. The molecule has 1 aromatic rings. The fourth-order valence-corrected chi connectivity index (χ4v) is 3.69. The van der Waals surface area contributed by atoms with Gasteiger partial charge < -0.3 is 20.6 Å². The molecule has 140 valence electrons. The number of anilines is 1. The van der Waals surface area contributed by atoms with Crippen molar-refractivity contribution in [3.63, 3.8) is 0 Å². The van der Waals surface area contributed by atoms with Crippen molar-refractivity contribution < 1.29 is 14.1 Å². The number of phenolic OH excluding ortho intramolecular Hbond substituents is 1. The molecule has 3 rings (SSSR count). The predicted molar refractivity (Wildman–Crippen MR) is 103 cm³/mol. The second-order valence-electron chi connectivity index (χ2n) is 6.62. The molecular formula is C17H23N5O3S. The Hall–Kier alpha value is -2.42. The van der Waals surface area contributed by atoms with Gasteiger partial charge in [0.1, 0.15) is 0 Å². The second-order valence-corrected chi connectivity index (χ2v) is 7.44. The summed E-state index contributed by atoms with van der Waals surface area (Å²) in [6.07, 6.45) is 5.62. The van der Waals surface area contributed by atoms with Crippen LogP contribution in [0.4, 0.5) is 5.69 Å². The van der Waals surface area contributed by atoms with E-state index in [0.717, 1.165) is 25.7 Å². The van der Waals surface area contributed by atoms with Gasteiger partial charge in [-0.3, -0.25) is 4.79 Å². The molecule has 8 nitrogen and oxygen atoms in total. The minimum atomic E-state index is -1.69. The van der Waals surface area contributed by atoms with E-state index >= 15 is 0 Å². The van der Waals surface area contributed by atoms with E-state index in [1.807, 2.05) is 0 Å². The third-order valence-electron chi connectivity index (χ3n) is 4.43. The molecule has 0 aromatic heterocycles. The molecule has 0 bridgehead atoms. The summed E-state index contributed by atoms with van der Waals surface area (Å²) in [5, 5.41) is 16.7. The van der Waals surface area contributed by atoms with Gasteiger partial charge >= 0.3 is 0 Å². The molecular weight excluding hydrogens is 354 g/mol. The Bertz CT molecular complexity index is 785. The number of carbonyl (C=O) groups is 1. The number of amidine groups is 2. The summed E-state index contributed by atoms with van der Waals surface area (Å²) in [7, 11) is 3.23. The number of amides is 1. The van der Waals surface area contributed by atoms with Crippen LogP contribution in [-0.4, -0.2) is 51.9 Å². The van der Waals surface area contributed by atoms with Crippen molar-refractivity contribution >= 4 is 34.4 Å². The van der Waals surface area contributed by atoms with E-state index in [1.54, 1.807) is 32.3 Å². The van der Waals surface area contributed by atoms with Gasteiger partial charge in [0.25, 0.3) is 17.1 Å². The lowest BCUT2D eigenvalue weighted by Gasteiger charge is -2.24. The fraction of sp³-hybridized carbons (Fsp3) is 0.471. The van der Waals surface area contributed by atoms with Crippen LogP contribution in [0.1, 0.15) is 42.5 Å². The van der Waals surface area contributed by atoms with Gasteiger partial charge in [-0.25, -0.2) is 4.21 Å². The Kier molecular flexibility index (Phi) is 5.55. The van der Waals surface area contributed by atoms with Crippen molar-refractivity contribution in [1.29, 1.82) is 0 Å². The zero-order chi connectivity index (χ0) is 18.7. The first kappa shape index (κ1) is 18.4. The SMILES string of the molecule is CN(C)C(=O)c1cccc(NC2=NS(=O)N=C2NC2CCCCC2)c1O. The first-order valence-electron chi connectivity index (χ1n) is 8.62. The van der Waals surface area contributed by atoms with E-state index in [9.17, 15) is 14.1 Å². The van der Waals surface area contributed by atoms with Gasteiger partial charge in [-0.1, -0.05) is 25.3 Å². The molecule has 1 fully saturated rings. The van der Waals surface area contributed by atoms with E-state index in [4.69, 9.17) is 0 Å². The summed E-state index contributed by atoms with van der Waals surface area (Å²) < 4.78 is 19.8. The Labute approximate surface area is 155 Å². The number of nitrogens with one attached hydrogen (secondary N) is 2. The zero-order valence-corrected chi connectivity index (χ0v) is 15.7. The van der Waals surface area contributed by atoms with E-state index in [-0.39, 0.29) is 23.3 Å². The summed E-state index contributed by atoms with van der Waals surface area (Å²) >= 11 is -1.69. The lowest BCUT2D eigenvalue weighted by molar-refractivity contribution is 0.0824. The summed E-state index contributed by atoms with van der Waals surface area (Å²) in [6.45, 7) is 0. The van der Waals surface area contributed by atoms with Crippen molar-refractivity contribution in [1.82, 2.24) is 10.2 Å². The average Bonchev–Trinajstić information content (AvgIpc) is 2.96. The lowest BCUT2D eigenvalue weighted by atomic mass is 9.95. The minimum absolute atomic E-state index is 0.177. The Balaban J connectivity index is 1.78. The highest BCUT2D eigenvalue weighted by molar-refractivity contribution is 7.83. The number of aromatic hydroxyl groups is 1. The third kappa shape index (κ3) is 4.04. The summed E-state index contributed by atoms with van der Waals surface area (Å²) in [4.78, 5) is 13.5. The van der Waals surface area contributed by atoms with Gasteiger partial charge in [-0.15, -0.1) is 8.80 Å². The molecule has 1 saturated carbocycles. The van der Waals surface area contributed by atoms with Gasteiger partial charge in [0.15, 0.2) is 17.4 Å². The van der Waals surface area contributed by atoms with Crippen LogP contribution >= 0.6 is 0 Å². The molecule has 2 aliphatic rings. The number of nitrogens with zero attached hydrogens (tertiary/aromatic N) is 3. The molecule has 3 N–H and O–H groups in total. The van der Waals surface area contributed by atoms with Gasteiger partial charge in [0, 0.05) is 20.1 Å². The number of benzene rings is 1. The topological polar surface area (TPSA) is 106 Å². The standard InChI is InChI=1S/C17H23N5O3S/c1-22(2)17(24)12-9-6-10-13(14(12)23)19-16-15(20-26(25)21-16)18-11-7-4-3-5-8-11/h6,9-11,23H,3-5,7-8H2,1-2H3,(H,18,20)(H,19,21). The maximum atomic E-state index is 12.2. The first-order valence-corrected chi connectivity index (χ1v) is 9.69. The van der Waals surface area contributed by atoms with Crippen LogP contribution < -0.4 is 10.6 Å². The molecule has 1 heterocycles. The van der Waals surface area contributed by atoms with Crippen LogP contribution in [0.5, 0.6) is 5.75 Å². The summed E-state index contributed by atoms with van der Waals surface area (Å²) in [6, 6.07) is 5.12. The van der Waals surface area contributed by atoms with E-state index < -0.39 is 11.2 Å². The number of para-hydroxylation sites is 1. The van der Waals surface area contributed by atoms with Gasteiger partial charge in [0.2, 0.25) is 0 Å². The van der Waals surface area contributed by atoms with Crippen LogP contribution in [0, 0.1) is 0 Å². The molecule has 0 spiro atoms. The number of hydrogen-bond donors (Lipinski definition) is 3. The maximum Gasteiger partial charge on any atom is 0.269 e. The molecule has 1 aliphatic heterocycles. The lowest BCUT2D eigenvalue weighted by Crippen LogP contribution is -2.41. The van der Waals surface area contributed by atoms with Crippen molar-refractivity contribution in [2.75, 3.05) is 19.4 Å². The van der Waals surface area contributed by atoms with Crippen molar-refractivity contribution in [2.24, 2.45) is 8.80 Å². The Morgan fingerprint density at radius 1 is 1.19 bits per heavy atom. The Morgan fingerprint density at radius 2 is 1.88 bits per heavy atom. The van der Waals surface area contributed by atoms with E-state index in [2.05, 4.69) is 19.4 Å². The Morgan fingerprint density at radius 3 is 2.58 bits per heavy atom. The molecule has 1 amide bonds. The van der Waals surface area contributed by atoms with Crippen LogP contribution in [-0.2, 0) is 11.2 Å². The van der Waals surface area contributed by atoms with Crippen LogP contribution in [0.2, 0.25) is 0 Å². The number of hydrogen-bond acceptors (Lipinski definition) is 5. The van der Waals surface area contributed by atoms with Crippen LogP contribution in [0.3, 0.4) is 0 Å². The predicted octanol–water partition coefficient (Wildman–Crippen LogP) is 1.82.